The number of benzene rings is 1. The molecular weight excluding hydrogens is 252 g/mol. The van der Waals surface area contributed by atoms with Gasteiger partial charge in [0.1, 0.15) is 0 Å². The second kappa shape index (κ2) is 4.68. The van der Waals surface area contributed by atoms with Crippen LogP contribution in [0.3, 0.4) is 0 Å². The second-order valence-corrected chi connectivity index (χ2v) is 5.15. The standard InChI is InChI=1S/C15H14N4O/c1-2-11-7-12(3-4-13(11)17-5-1)15-18-14(20-19-15)6-10-8-16-9-10/h1-5,7,10,16H,6,8-9H2. The molecule has 20 heavy (non-hydrogen) atoms. The number of hydrogen-bond acceptors (Lipinski definition) is 5. The number of nitrogens with one attached hydrogen (secondary N) is 1. The molecule has 1 aromatic carbocycles. The van der Waals surface area contributed by atoms with Crippen molar-refractivity contribution in [3.63, 3.8) is 0 Å². The Hall–Kier alpha value is -2.27. The van der Waals surface area contributed by atoms with E-state index in [-0.39, 0.29) is 0 Å². The van der Waals surface area contributed by atoms with Crippen LogP contribution in [0.4, 0.5) is 0 Å². The molecule has 100 valence electrons. The summed E-state index contributed by atoms with van der Waals surface area (Å²) in [5.74, 6) is 2.00. The molecule has 0 bridgehead atoms. The summed E-state index contributed by atoms with van der Waals surface area (Å²) < 4.78 is 5.33. The van der Waals surface area contributed by atoms with Gasteiger partial charge in [0.05, 0.1) is 5.52 Å². The van der Waals surface area contributed by atoms with Gasteiger partial charge in [-0.1, -0.05) is 11.2 Å². The maximum absolute atomic E-state index is 5.33. The Morgan fingerprint density at radius 1 is 1.25 bits per heavy atom. The molecule has 0 amide bonds. The highest BCUT2D eigenvalue weighted by atomic mass is 16.5. The predicted octanol–water partition coefficient (Wildman–Crippen LogP) is 2.05. The molecule has 4 rings (SSSR count). The zero-order chi connectivity index (χ0) is 13.4. The van der Waals surface area contributed by atoms with E-state index in [0.717, 1.165) is 41.9 Å². The molecule has 0 spiro atoms. The molecule has 3 aromatic rings. The Morgan fingerprint density at radius 2 is 2.20 bits per heavy atom. The molecule has 1 aliphatic rings. The van der Waals surface area contributed by atoms with Crippen LogP contribution in [-0.2, 0) is 6.42 Å². The van der Waals surface area contributed by atoms with E-state index in [1.54, 1.807) is 6.20 Å². The Morgan fingerprint density at radius 3 is 3.05 bits per heavy atom. The topological polar surface area (TPSA) is 63.8 Å². The first-order valence-corrected chi connectivity index (χ1v) is 6.77. The zero-order valence-corrected chi connectivity index (χ0v) is 10.9. The molecule has 1 N–H and O–H groups in total. The monoisotopic (exact) mass is 266 g/mol. The van der Waals surface area contributed by atoms with Crippen LogP contribution in [-0.4, -0.2) is 28.2 Å². The number of rotatable bonds is 3. The third kappa shape index (κ3) is 2.06. The smallest absolute Gasteiger partial charge is 0.227 e. The third-order valence-corrected chi connectivity index (χ3v) is 3.66. The molecule has 0 aliphatic carbocycles. The average Bonchev–Trinajstić information content (AvgIpc) is 2.91. The molecule has 5 heteroatoms. The highest BCUT2D eigenvalue weighted by molar-refractivity contribution is 5.82. The summed E-state index contributed by atoms with van der Waals surface area (Å²) in [5, 5.41) is 8.40. The second-order valence-electron chi connectivity index (χ2n) is 5.15. The van der Waals surface area contributed by atoms with Gasteiger partial charge < -0.3 is 9.84 Å². The zero-order valence-electron chi connectivity index (χ0n) is 10.9. The lowest BCUT2D eigenvalue weighted by atomic mass is 10.00. The van der Waals surface area contributed by atoms with Crippen molar-refractivity contribution in [2.75, 3.05) is 13.1 Å². The summed E-state index contributed by atoms with van der Waals surface area (Å²) in [6.07, 6.45) is 2.65. The summed E-state index contributed by atoms with van der Waals surface area (Å²) in [7, 11) is 0. The van der Waals surface area contributed by atoms with Gasteiger partial charge in [0.2, 0.25) is 11.7 Å². The van der Waals surface area contributed by atoms with Crippen molar-refractivity contribution in [1.82, 2.24) is 20.4 Å². The van der Waals surface area contributed by atoms with Crippen LogP contribution in [0.5, 0.6) is 0 Å². The van der Waals surface area contributed by atoms with E-state index >= 15 is 0 Å². The van der Waals surface area contributed by atoms with E-state index in [0.29, 0.717) is 11.7 Å². The van der Waals surface area contributed by atoms with Crippen LogP contribution < -0.4 is 5.32 Å². The van der Waals surface area contributed by atoms with E-state index in [1.807, 2.05) is 30.3 Å². The maximum atomic E-state index is 5.33. The van der Waals surface area contributed by atoms with E-state index in [2.05, 4.69) is 20.4 Å². The number of fused-ring (bicyclic) bond motifs is 1. The summed E-state index contributed by atoms with van der Waals surface area (Å²) in [6.45, 7) is 2.08. The maximum Gasteiger partial charge on any atom is 0.227 e. The van der Waals surface area contributed by atoms with E-state index in [4.69, 9.17) is 4.52 Å². The average molecular weight is 266 g/mol. The molecular formula is C15H14N4O. The van der Waals surface area contributed by atoms with Gasteiger partial charge in [-0.15, -0.1) is 0 Å². The molecule has 0 saturated carbocycles. The Kier molecular flexibility index (Phi) is 2.70. The van der Waals surface area contributed by atoms with Gasteiger partial charge in [0, 0.05) is 23.6 Å². The number of hydrogen-bond donors (Lipinski definition) is 1. The molecule has 1 saturated heterocycles. The fourth-order valence-electron chi connectivity index (χ4n) is 2.41. The minimum absolute atomic E-state index is 0.629. The molecule has 0 radical (unpaired) electrons. The van der Waals surface area contributed by atoms with Gasteiger partial charge in [-0.2, -0.15) is 4.98 Å². The largest absolute Gasteiger partial charge is 0.339 e. The van der Waals surface area contributed by atoms with Crippen LogP contribution in [0, 0.1) is 5.92 Å². The Labute approximate surface area is 116 Å². The molecule has 1 aliphatic heterocycles. The molecule has 3 heterocycles. The SMILES string of the molecule is c1cnc2ccc(-c3noc(CC4CNC4)n3)cc2c1. The van der Waals surface area contributed by atoms with Crippen molar-refractivity contribution >= 4 is 10.9 Å². The first-order chi connectivity index (χ1) is 9.88. The first kappa shape index (κ1) is 11.5. The van der Waals surface area contributed by atoms with Crippen LogP contribution in [0.15, 0.2) is 41.1 Å². The lowest BCUT2D eigenvalue weighted by Gasteiger charge is -2.25. The van der Waals surface area contributed by atoms with Gasteiger partial charge in [-0.3, -0.25) is 4.98 Å². The van der Waals surface area contributed by atoms with E-state index < -0.39 is 0 Å². The van der Waals surface area contributed by atoms with Crippen LogP contribution in [0.1, 0.15) is 5.89 Å². The quantitative estimate of drug-likeness (QED) is 0.786. The summed E-state index contributed by atoms with van der Waals surface area (Å²) in [4.78, 5) is 8.79. The minimum atomic E-state index is 0.629. The van der Waals surface area contributed by atoms with Gasteiger partial charge in [0.25, 0.3) is 0 Å². The number of pyridine rings is 1. The van der Waals surface area contributed by atoms with E-state index in [1.165, 1.54) is 0 Å². The molecule has 0 unspecified atom stereocenters. The van der Waals surface area contributed by atoms with Crippen LogP contribution in [0.25, 0.3) is 22.3 Å². The predicted molar refractivity (Wildman–Crippen MR) is 75.1 cm³/mol. The Bertz CT molecular complexity index is 748. The highest BCUT2D eigenvalue weighted by Gasteiger charge is 2.20. The number of nitrogens with zero attached hydrogens (tertiary/aromatic N) is 3. The molecule has 5 nitrogen and oxygen atoms in total. The summed E-state index contributed by atoms with van der Waals surface area (Å²) >= 11 is 0. The van der Waals surface area contributed by atoms with E-state index in [9.17, 15) is 0 Å². The number of aromatic nitrogens is 3. The highest BCUT2D eigenvalue weighted by Crippen LogP contribution is 2.22. The van der Waals surface area contributed by atoms with Crippen molar-refractivity contribution in [3.8, 4) is 11.4 Å². The first-order valence-electron chi connectivity index (χ1n) is 6.77. The van der Waals surface area contributed by atoms with Gasteiger partial charge in [-0.05, 0) is 43.3 Å². The van der Waals surface area contributed by atoms with Crippen molar-refractivity contribution in [2.24, 2.45) is 5.92 Å². The lowest BCUT2D eigenvalue weighted by Crippen LogP contribution is -2.43. The van der Waals surface area contributed by atoms with Gasteiger partial charge in [0.15, 0.2) is 0 Å². The Balaban J connectivity index is 1.64. The summed E-state index contributed by atoms with van der Waals surface area (Å²) in [5.41, 5.74) is 1.94. The van der Waals surface area contributed by atoms with Gasteiger partial charge >= 0.3 is 0 Å². The fourth-order valence-corrected chi connectivity index (χ4v) is 2.41. The van der Waals surface area contributed by atoms with Crippen LogP contribution in [0.2, 0.25) is 0 Å². The molecule has 0 atom stereocenters. The molecule has 2 aromatic heterocycles. The normalized spacial score (nSPS) is 15.4. The van der Waals surface area contributed by atoms with Crippen LogP contribution >= 0.6 is 0 Å². The molecule has 1 fully saturated rings. The fraction of sp³-hybridized carbons (Fsp3) is 0.267. The summed E-state index contributed by atoms with van der Waals surface area (Å²) in [6, 6.07) is 9.97. The van der Waals surface area contributed by atoms with Gasteiger partial charge in [-0.25, -0.2) is 0 Å². The van der Waals surface area contributed by atoms with Crippen molar-refractivity contribution < 1.29 is 4.52 Å². The minimum Gasteiger partial charge on any atom is -0.339 e. The van der Waals surface area contributed by atoms with Crippen molar-refractivity contribution in [1.29, 1.82) is 0 Å². The third-order valence-electron chi connectivity index (χ3n) is 3.66. The van der Waals surface area contributed by atoms with Crippen molar-refractivity contribution in [3.05, 3.63) is 42.4 Å². The van der Waals surface area contributed by atoms with Crippen molar-refractivity contribution in [2.45, 2.75) is 6.42 Å². The lowest BCUT2D eigenvalue weighted by molar-refractivity contribution is 0.296.